The Morgan fingerprint density at radius 2 is 2.21 bits per heavy atom. The standard InChI is InChI=1S/C17H15N3O4/c1-23-15-5-3-2-4-11(15)8-16-12(6-7-24-16)13(21)9-14(22)17-18-10-19-20-17/h2-7,9-10,22H,8H2,1H3,(H,18,19,20). The van der Waals surface area contributed by atoms with E-state index < -0.39 is 5.78 Å². The molecule has 0 bridgehead atoms. The van der Waals surface area contributed by atoms with Crippen molar-refractivity contribution in [1.82, 2.24) is 15.2 Å². The largest absolute Gasteiger partial charge is 0.504 e. The molecule has 0 radical (unpaired) electrons. The highest BCUT2D eigenvalue weighted by Crippen LogP contribution is 2.24. The SMILES string of the molecule is COc1ccccc1Cc1occc1C(=O)C=C(O)c1nc[nH]n1. The number of rotatable bonds is 6. The van der Waals surface area contributed by atoms with E-state index in [-0.39, 0.29) is 11.6 Å². The van der Waals surface area contributed by atoms with Crippen LogP contribution in [-0.4, -0.2) is 33.2 Å². The molecule has 122 valence electrons. The van der Waals surface area contributed by atoms with Crippen molar-refractivity contribution in [1.29, 1.82) is 0 Å². The Labute approximate surface area is 137 Å². The number of nitrogens with one attached hydrogen (secondary N) is 1. The van der Waals surface area contributed by atoms with Gasteiger partial charge in [-0.05, 0) is 12.1 Å². The topological polar surface area (TPSA) is 101 Å². The van der Waals surface area contributed by atoms with Crippen LogP contribution in [-0.2, 0) is 6.42 Å². The molecule has 7 nitrogen and oxygen atoms in total. The van der Waals surface area contributed by atoms with Gasteiger partial charge in [-0.1, -0.05) is 18.2 Å². The van der Waals surface area contributed by atoms with Gasteiger partial charge in [0.1, 0.15) is 17.8 Å². The summed E-state index contributed by atoms with van der Waals surface area (Å²) in [4.78, 5) is 16.2. The van der Waals surface area contributed by atoms with Gasteiger partial charge in [0.05, 0.1) is 18.9 Å². The maximum absolute atomic E-state index is 12.4. The molecule has 0 amide bonds. The number of methoxy groups -OCH3 is 1. The third-order valence-corrected chi connectivity index (χ3v) is 3.47. The summed E-state index contributed by atoms with van der Waals surface area (Å²) in [5.41, 5.74) is 1.26. The summed E-state index contributed by atoms with van der Waals surface area (Å²) in [6.45, 7) is 0. The number of aromatic amines is 1. The van der Waals surface area contributed by atoms with Crippen LogP contribution in [0.1, 0.15) is 27.5 Å². The van der Waals surface area contributed by atoms with Crippen LogP contribution in [0.3, 0.4) is 0 Å². The van der Waals surface area contributed by atoms with Crippen molar-refractivity contribution in [2.45, 2.75) is 6.42 Å². The van der Waals surface area contributed by atoms with Gasteiger partial charge >= 0.3 is 0 Å². The van der Waals surface area contributed by atoms with Gasteiger partial charge < -0.3 is 14.3 Å². The number of allylic oxidation sites excluding steroid dienone is 1. The lowest BCUT2D eigenvalue weighted by molar-refractivity contribution is 0.104. The number of aromatic nitrogens is 3. The third kappa shape index (κ3) is 3.19. The Morgan fingerprint density at radius 3 is 2.96 bits per heavy atom. The molecule has 0 aliphatic heterocycles. The van der Waals surface area contributed by atoms with Crippen LogP contribution in [0, 0.1) is 0 Å². The molecule has 3 aromatic rings. The number of furan rings is 1. The number of carbonyl (C=O) groups is 1. The monoisotopic (exact) mass is 325 g/mol. The van der Waals surface area contributed by atoms with E-state index in [0.717, 1.165) is 11.6 Å². The van der Waals surface area contributed by atoms with Gasteiger partial charge in [0, 0.05) is 18.1 Å². The van der Waals surface area contributed by atoms with E-state index in [2.05, 4.69) is 15.2 Å². The minimum absolute atomic E-state index is 0.0538. The Bertz CT molecular complexity index is 866. The summed E-state index contributed by atoms with van der Waals surface area (Å²) in [5, 5.41) is 16.1. The molecule has 0 fully saturated rings. The number of carbonyl (C=O) groups excluding carboxylic acids is 1. The lowest BCUT2D eigenvalue weighted by Gasteiger charge is -2.07. The smallest absolute Gasteiger partial charge is 0.215 e. The number of benzene rings is 1. The molecule has 1 aromatic carbocycles. The Hall–Kier alpha value is -3.35. The van der Waals surface area contributed by atoms with Crippen molar-refractivity contribution in [3.05, 3.63) is 71.7 Å². The molecule has 0 aliphatic carbocycles. The van der Waals surface area contributed by atoms with Crippen molar-refractivity contribution in [3.8, 4) is 5.75 Å². The van der Waals surface area contributed by atoms with E-state index in [4.69, 9.17) is 9.15 Å². The van der Waals surface area contributed by atoms with Gasteiger partial charge in [-0.2, -0.15) is 5.10 Å². The molecule has 24 heavy (non-hydrogen) atoms. The van der Waals surface area contributed by atoms with E-state index in [0.29, 0.717) is 23.5 Å². The Balaban J connectivity index is 1.85. The van der Waals surface area contributed by atoms with Crippen LogP contribution in [0.4, 0.5) is 0 Å². The number of hydrogen-bond acceptors (Lipinski definition) is 6. The van der Waals surface area contributed by atoms with Crippen molar-refractivity contribution in [2.24, 2.45) is 0 Å². The molecule has 2 aromatic heterocycles. The predicted octanol–water partition coefficient (Wildman–Crippen LogP) is 2.78. The van der Waals surface area contributed by atoms with Crippen LogP contribution in [0.25, 0.3) is 5.76 Å². The second-order valence-electron chi connectivity index (χ2n) is 4.96. The average molecular weight is 325 g/mol. The van der Waals surface area contributed by atoms with Gasteiger partial charge in [-0.15, -0.1) is 0 Å². The predicted molar refractivity (Wildman–Crippen MR) is 85.8 cm³/mol. The number of ketones is 1. The van der Waals surface area contributed by atoms with Crippen LogP contribution < -0.4 is 4.74 Å². The fraction of sp³-hybridized carbons (Fsp3) is 0.118. The minimum atomic E-state index is -0.393. The zero-order valence-electron chi connectivity index (χ0n) is 12.9. The number of para-hydroxylation sites is 1. The highest BCUT2D eigenvalue weighted by molar-refractivity contribution is 6.08. The fourth-order valence-electron chi connectivity index (χ4n) is 2.32. The Kier molecular flexibility index (Phi) is 4.42. The molecule has 0 saturated carbocycles. The highest BCUT2D eigenvalue weighted by Gasteiger charge is 2.16. The second kappa shape index (κ2) is 6.82. The third-order valence-electron chi connectivity index (χ3n) is 3.47. The Morgan fingerprint density at radius 1 is 1.38 bits per heavy atom. The lowest BCUT2D eigenvalue weighted by Crippen LogP contribution is -2.01. The van der Waals surface area contributed by atoms with Crippen molar-refractivity contribution in [3.63, 3.8) is 0 Å². The van der Waals surface area contributed by atoms with Crippen LogP contribution in [0.15, 0.2) is 53.4 Å². The first-order valence-electron chi connectivity index (χ1n) is 7.18. The molecular formula is C17H15N3O4. The number of H-pyrrole nitrogens is 1. The van der Waals surface area contributed by atoms with Gasteiger partial charge in [0.2, 0.25) is 5.82 Å². The molecule has 0 spiro atoms. The number of hydrogen-bond donors (Lipinski definition) is 2. The normalized spacial score (nSPS) is 11.5. The quantitative estimate of drug-likeness (QED) is 0.410. The maximum Gasteiger partial charge on any atom is 0.215 e. The lowest BCUT2D eigenvalue weighted by atomic mass is 10.0. The van der Waals surface area contributed by atoms with Crippen molar-refractivity contribution < 1.29 is 19.1 Å². The van der Waals surface area contributed by atoms with Gasteiger partial charge in [0.15, 0.2) is 11.5 Å². The zero-order chi connectivity index (χ0) is 16.9. The van der Waals surface area contributed by atoms with Crippen LogP contribution >= 0.6 is 0 Å². The van der Waals surface area contributed by atoms with Crippen molar-refractivity contribution in [2.75, 3.05) is 7.11 Å². The molecule has 2 heterocycles. The fourth-order valence-corrected chi connectivity index (χ4v) is 2.32. The molecule has 0 saturated heterocycles. The summed E-state index contributed by atoms with van der Waals surface area (Å²) in [6.07, 6.45) is 4.22. The van der Waals surface area contributed by atoms with E-state index in [1.807, 2.05) is 24.3 Å². The molecule has 0 unspecified atom stereocenters. The van der Waals surface area contributed by atoms with E-state index >= 15 is 0 Å². The van der Waals surface area contributed by atoms with Gasteiger partial charge in [0.25, 0.3) is 0 Å². The summed E-state index contributed by atoms with van der Waals surface area (Å²) in [6, 6.07) is 9.06. The summed E-state index contributed by atoms with van der Waals surface area (Å²) < 4.78 is 10.7. The zero-order valence-corrected chi connectivity index (χ0v) is 12.9. The molecule has 2 N–H and O–H groups in total. The first-order valence-corrected chi connectivity index (χ1v) is 7.18. The number of nitrogens with zero attached hydrogens (tertiary/aromatic N) is 2. The molecule has 3 rings (SSSR count). The summed E-state index contributed by atoms with van der Waals surface area (Å²) in [7, 11) is 1.59. The highest BCUT2D eigenvalue weighted by atomic mass is 16.5. The van der Waals surface area contributed by atoms with E-state index in [9.17, 15) is 9.90 Å². The second-order valence-corrected chi connectivity index (χ2v) is 4.96. The summed E-state index contributed by atoms with van der Waals surface area (Å²) in [5.74, 6) is 0.551. The molecular weight excluding hydrogens is 310 g/mol. The molecule has 7 heteroatoms. The first-order chi connectivity index (χ1) is 11.7. The molecule has 0 atom stereocenters. The van der Waals surface area contributed by atoms with Crippen LogP contribution in [0.5, 0.6) is 5.75 Å². The van der Waals surface area contributed by atoms with Gasteiger partial charge in [-0.25, -0.2) is 4.98 Å². The van der Waals surface area contributed by atoms with Crippen LogP contribution in [0.2, 0.25) is 0 Å². The summed E-state index contributed by atoms with van der Waals surface area (Å²) >= 11 is 0. The van der Waals surface area contributed by atoms with Gasteiger partial charge in [-0.3, -0.25) is 9.89 Å². The molecule has 0 aliphatic rings. The van der Waals surface area contributed by atoms with Crippen molar-refractivity contribution >= 4 is 11.5 Å². The minimum Gasteiger partial charge on any atom is -0.504 e. The van der Waals surface area contributed by atoms with E-state index in [1.165, 1.54) is 12.6 Å². The van der Waals surface area contributed by atoms with E-state index in [1.54, 1.807) is 13.2 Å². The number of aliphatic hydroxyl groups is 1. The number of aliphatic hydroxyl groups excluding tert-OH is 1. The first kappa shape index (κ1) is 15.5. The maximum atomic E-state index is 12.4. The number of ether oxygens (including phenoxy) is 1. The average Bonchev–Trinajstić information content (AvgIpc) is 3.27.